The Kier molecular flexibility index (Phi) is 5.34. The molecule has 0 atom stereocenters. The minimum Gasteiger partial charge on any atom is -0.493 e. The van der Waals surface area contributed by atoms with Crippen molar-refractivity contribution in [1.29, 1.82) is 0 Å². The summed E-state index contributed by atoms with van der Waals surface area (Å²) in [6, 6.07) is 21.3. The number of fused-ring (bicyclic) bond motifs is 2. The van der Waals surface area contributed by atoms with Crippen LogP contribution in [0.3, 0.4) is 0 Å². The maximum Gasteiger partial charge on any atom is 0.195 e. The van der Waals surface area contributed by atoms with Crippen molar-refractivity contribution in [2.75, 3.05) is 6.61 Å². The van der Waals surface area contributed by atoms with Crippen molar-refractivity contribution in [2.24, 2.45) is 0 Å². The number of hydrogen-bond donors (Lipinski definition) is 0. The number of aromatic nitrogens is 1. The molecule has 28 heavy (non-hydrogen) atoms. The Morgan fingerprint density at radius 1 is 0.857 bits per heavy atom. The van der Waals surface area contributed by atoms with Gasteiger partial charge in [-0.2, -0.15) is 0 Å². The van der Waals surface area contributed by atoms with Gasteiger partial charge in [0, 0.05) is 28.1 Å². The van der Waals surface area contributed by atoms with Crippen LogP contribution in [0.4, 0.5) is 0 Å². The fourth-order valence-corrected chi connectivity index (χ4v) is 3.56. The average Bonchev–Trinajstić information content (AvgIpc) is 2.76. The Morgan fingerprint density at radius 2 is 1.68 bits per heavy atom. The summed E-state index contributed by atoms with van der Waals surface area (Å²) in [5, 5.41) is 2.85. The van der Waals surface area contributed by atoms with Crippen molar-refractivity contribution >= 4 is 27.5 Å². The molecule has 4 aromatic rings. The molecule has 0 aliphatic rings. The smallest absolute Gasteiger partial charge is 0.195 e. The topological polar surface area (TPSA) is 39.2 Å². The van der Waals surface area contributed by atoms with Gasteiger partial charge in [-0.15, -0.1) is 0 Å². The predicted molar refractivity (Wildman–Crippen MR) is 114 cm³/mol. The Hall–Kier alpha value is -3.20. The molecule has 0 amide bonds. The van der Waals surface area contributed by atoms with Gasteiger partial charge in [-0.3, -0.25) is 9.78 Å². The van der Waals surface area contributed by atoms with E-state index in [9.17, 15) is 4.79 Å². The van der Waals surface area contributed by atoms with Gasteiger partial charge in [0.2, 0.25) is 0 Å². The van der Waals surface area contributed by atoms with E-state index in [2.05, 4.69) is 11.9 Å². The number of nitrogens with zero attached hydrogens (tertiary/aromatic N) is 1. The lowest BCUT2D eigenvalue weighted by atomic mass is 9.95. The molecule has 140 valence electrons. The molecule has 0 spiro atoms. The lowest BCUT2D eigenvalue weighted by Crippen LogP contribution is -2.05. The normalized spacial score (nSPS) is 11.0. The van der Waals surface area contributed by atoms with Crippen molar-refractivity contribution in [3.8, 4) is 5.75 Å². The van der Waals surface area contributed by atoms with E-state index in [-0.39, 0.29) is 5.78 Å². The number of benzene rings is 3. The van der Waals surface area contributed by atoms with E-state index in [1.807, 2.05) is 66.7 Å². The zero-order valence-electron chi connectivity index (χ0n) is 16.0. The molecular weight excluding hydrogens is 346 g/mol. The summed E-state index contributed by atoms with van der Waals surface area (Å²) in [5.74, 6) is 0.817. The SMILES string of the molecule is CCCCCOc1ccc(C(=O)c2cccc3cccnc23)c2ccccc12. The lowest BCUT2D eigenvalue weighted by Gasteiger charge is -2.13. The lowest BCUT2D eigenvalue weighted by molar-refractivity contribution is 0.104. The molecule has 3 aromatic carbocycles. The molecule has 0 N–H and O–H groups in total. The number of carbonyl (C=O) groups excluding carboxylic acids is 1. The largest absolute Gasteiger partial charge is 0.493 e. The minimum absolute atomic E-state index is 0.0157. The van der Waals surface area contributed by atoms with Crippen molar-refractivity contribution in [3.05, 3.63) is 84.1 Å². The monoisotopic (exact) mass is 369 g/mol. The summed E-state index contributed by atoms with van der Waals surface area (Å²) < 4.78 is 6.01. The van der Waals surface area contributed by atoms with Crippen LogP contribution in [0, 0.1) is 0 Å². The first-order valence-corrected chi connectivity index (χ1v) is 9.82. The second kappa shape index (κ2) is 8.22. The van der Waals surface area contributed by atoms with Crippen LogP contribution in [0.1, 0.15) is 42.1 Å². The highest BCUT2D eigenvalue weighted by Gasteiger charge is 2.17. The van der Waals surface area contributed by atoms with Crippen molar-refractivity contribution in [1.82, 2.24) is 4.98 Å². The fraction of sp³-hybridized carbons (Fsp3) is 0.200. The second-order valence-corrected chi connectivity index (χ2v) is 6.92. The Morgan fingerprint density at radius 3 is 2.54 bits per heavy atom. The molecule has 1 aromatic heterocycles. The summed E-state index contributed by atoms with van der Waals surface area (Å²) in [4.78, 5) is 17.8. The van der Waals surface area contributed by atoms with E-state index < -0.39 is 0 Å². The first-order valence-electron chi connectivity index (χ1n) is 9.82. The number of para-hydroxylation sites is 1. The van der Waals surface area contributed by atoms with Gasteiger partial charge in [0.15, 0.2) is 5.78 Å². The van der Waals surface area contributed by atoms with Crippen LogP contribution in [0.5, 0.6) is 5.75 Å². The molecule has 0 aliphatic carbocycles. The van der Waals surface area contributed by atoms with Crippen LogP contribution in [0.15, 0.2) is 72.9 Å². The van der Waals surface area contributed by atoms with E-state index in [1.54, 1.807) is 6.20 Å². The highest BCUT2D eigenvalue weighted by molar-refractivity contribution is 6.21. The van der Waals surface area contributed by atoms with Crippen molar-refractivity contribution in [2.45, 2.75) is 26.2 Å². The summed E-state index contributed by atoms with van der Waals surface area (Å²) in [7, 11) is 0. The van der Waals surface area contributed by atoms with Crippen LogP contribution >= 0.6 is 0 Å². The van der Waals surface area contributed by atoms with Gasteiger partial charge in [-0.25, -0.2) is 0 Å². The molecule has 3 heteroatoms. The van der Waals surface area contributed by atoms with E-state index in [0.717, 1.165) is 46.7 Å². The zero-order chi connectivity index (χ0) is 19.3. The summed E-state index contributed by atoms with van der Waals surface area (Å²) >= 11 is 0. The molecule has 0 radical (unpaired) electrons. The number of pyridine rings is 1. The third-order valence-electron chi connectivity index (χ3n) is 5.01. The second-order valence-electron chi connectivity index (χ2n) is 6.92. The molecule has 0 unspecified atom stereocenters. The van der Waals surface area contributed by atoms with Gasteiger partial charge in [-0.05, 0) is 36.1 Å². The highest BCUT2D eigenvalue weighted by Crippen LogP contribution is 2.31. The number of carbonyl (C=O) groups is 1. The molecule has 1 heterocycles. The number of ether oxygens (including phenoxy) is 1. The standard InChI is InChI=1S/C25H23NO2/c1-2-3-6-17-28-23-15-14-21(19-11-4-5-12-20(19)23)25(27)22-13-7-9-18-10-8-16-26-24(18)22/h4-5,7-16H,2-3,6,17H2,1H3. The molecule has 0 bridgehead atoms. The van der Waals surface area contributed by atoms with Gasteiger partial charge >= 0.3 is 0 Å². The number of unbranched alkanes of at least 4 members (excludes halogenated alkanes) is 2. The van der Waals surface area contributed by atoms with E-state index in [1.165, 1.54) is 0 Å². The third kappa shape index (κ3) is 3.48. The number of hydrogen-bond acceptors (Lipinski definition) is 3. The Balaban J connectivity index is 1.76. The first kappa shape index (κ1) is 18.2. The zero-order valence-corrected chi connectivity index (χ0v) is 16.0. The molecule has 0 fully saturated rings. The Labute approximate surface area is 165 Å². The quantitative estimate of drug-likeness (QED) is 0.288. The molecule has 3 nitrogen and oxygen atoms in total. The number of ketones is 1. The highest BCUT2D eigenvalue weighted by atomic mass is 16.5. The summed E-state index contributed by atoms with van der Waals surface area (Å²) in [6.07, 6.45) is 5.08. The molecule has 0 saturated heterocycles. The van der Waals surface area contributed by atoms with Crippen molar-refractivity contribution in [3.63, 3.8) is 0 Å². The Bertz CT molecular complexity index is 1130. The van der Waals surface area contributed by atoms with Crippen LogP contribution in [0.25, 0.3) is 21.7 Å². The van der Waals surface area contributed by atoms with Crippen LogP contribution in [0.2, 0.25) is 0 Å². The van der Waals surface area contributed by atoms with Gasteiger partial charge in [0.1, 0.15) is 5.75 Å². The van der Waals surface area contributed by atoms with Gasteiger partial charge in [0.05, 0.1) is 12.1 Å². The van der Waals surface area contributed by atoms with Gasteiger partial charge < -0.3 is 4.74 Å². The minimum atomic E-state index is -0.0157. The maximum absolute atomic E-state index is 13.4. The van der Waals surface area contributed by atoms with E-state index >= 15 is 0 Å². The number of rotatable bonds is 7. The maximum atomic E-state index is 13.4. The van der Waals surface area contributed by atoms with Gasteiger partial charge in [0.25, 0.3) is 0 Å². The third-order valence-corrected chi connectivity index (χ3v) is 5.01. The van der Waals surface area contributed by atoms with E-state index in [4.69, 9.17) is 4.74 Å². The molecular formula is C25H23NO2. The van der Waals surface area contributed by atoms with Crippen LogP contribution < -0.4 is 4.74 Å². The summed E-state index contributed by atoms with van der Waals surface area (Å²) in [5.41, 5.74) is 2.04. The fourth-order valence-electron chi connectivity index (χ4n) is 3.56. The van der Waals surface area contributed by atoms with Crippen LogP contribution in [-0.2, 0) is 0 Å². The van der Waals surface area contributed by atoms with Crippen LogP contribution in [-0.4, -0.2) is 17.4 Å². The molecule has 0 saturated carbocycles. The first-order chi connectivity index (χ1) is 13.8. The average molecular weight is 369 g/mol. The summed E-state index contributed by atoms with van der Waals surface area (Å²) in [6.45, 7) is 2.87. The van der Waals surface area contributed by atoms with Crippen molar-refractivity contribution < 1.29 is 9.53 Å². The van der Waals surface area contributed by atoms with E-state index in [0.29, 0.717) is 17.7 Å². The molecule has 0 aliphatic heterocycles. The predicted octanol–water partition coefficient (Wildman–Crippen LogP) is 6.19. The molecule has 4 rings (SSSR count). The van der Waals surface area contributed by atoms with Gasteiger partial charge in [-0.1, -0.05) is 62.2 Å².